The van der Waals surface area contributed by atoms with Crippen LogP contribution >= 0.6 is 15.9 Å². The summed E-state index contributed by atoms with van der Waals surface area (Å²) >= 11 is 3.34. The third-order valence-corrected chi connectivity index (χ3v) is 4.33. The minimum Gasteiger partial charge on any atom is -0.493 e. The van der Waals surface area contributed by atoms with Gasteiger partial charge in [-0.15, -0.1) is 0 Å². The van der Waals surface area contributed by atoms with Crippen LogP contribution in [0.15, 0.2) is 39.9 Å². The van der Waals surface area contributed by atoms with Crippen molar-refractivity contribution >= 4 is 34.0 Å². The maximum absolute atomic E-state index is 13.9. The molecule has 0 saturated heterocycles. The summed E-state index contributed by atoms with van der Waals surface area (Å²) in [7, 11) is 1.43. The topological polar surface area (TPSA) is 110 Å². The zero-order valence-corrected chi connectivity index (χ0v) is 17.7. The maximum Gasteiger partial charge on any atom is 0.344 e. The van der Waals surface area contributed by atoms with Crippen molar-refractivity contribution in [3.63, 3.8) is 0 Å². The highest BCUT2D eigenvalue weighted by molar-refractivity contribution is 9.10. The maximum atomic E-state index is 13.9. The molecule has 0 fully saturated rings. The number of benzene rings is 2. The molecule has 0 aliphatic heterocycles. The molecule has 1 N–H and O–H groups in total. The molecule has 0 aromatic heterocycles. The molecule has 0 atom stereocenters. The Hall–Kier alpha value is -3.45. The fourth-order valence-electron chi connectivity index (χ4n) is 2.25. The fourth-order valence-corrected chi connectivity index (χ4v) is 2.68. The number of methoxy groups -OCH3 is 1. The van der Waals surface area contributed by atoms with Gasteiger partial charge in [0.1, 0.15) is 5.82 Å². The van der Waals surface area contributed by atoms with E-state index in [9.17, 15) is 14.0 Å². The number of carbonyl (C=O) groups excluding carboxylic acids is 2. The fraction of sp³-hybridized carbons (Fsp3) is 0.200. The lowest BCUT2D eigenvalue weighted by molar-refractivity contribution is -0.145. The van der Waals surface area contributed by atoms with Crippen molar-refractivity contribution in [1.29, 1.82) is 5.26 Å². The van der Waals surface area contributed by atoms with Gasteiger partial charge in [0.2, 0.25) is 0 Å². The standard InChI is InChI=1S/C20H17BrFN3O5/c1-3-29-19(26)11-30-18-8-15(21)13(7-17(18)28-2)10-24-25-20(27)14-5-4-12(9-23)6-16(14)22/h4-8,10H,3,11H2,1-2H3,(H,25,27)/b24-10-. The Morgan fingerprint density at radius 2 is 2.07 bits per heavy atom. The zero-order valence-electron chi connectivity index (χ0n) is 16.1. The summed E-state index contributed by atoms with van der Waals surface area (Å²) in [5.41, 5.74) is 2.60. The monoisotopic (exact) mass is 477 g/mol. The summed E-state index contributed by atoms with van der Waals surface area (Å²) in [6.07, 6.45) is 1.32. The van der Waals surface area contributed by atoms with Crippen LogP contribution in [0.2, 0.25) is 0 Å². The molecular formula is C20H17BrFN3O5. The van der Waals surface area contributed by atoms with Crippen molar-refractivity contribution < 1.29 is 28.2 Å². The number of esters is 1. The molecule has 2 rings (SSSR count). The Kier molecular flexibility index (Phi) is 8.31. The molecule has 0 heterocycles. The quantitative estimate of drug-likeness (QED) is 0.355. The smallest absolute Gasteiger partial charge is 0.344 e. The Balaban J connectivity index is 2.10. The second-order valence-electron chi connectivity index (χ2n) is 5.62. The average Bonchev–Trinajstić information content (AvgIpc) is 2.73. The van der Waals surface area contributed by atoms with Gasteiger partial charge < -0.3 is 14.2 Å². The lowest BCUT2D eigenvalue weighted by Gasteiger charge is -2.12. The predicted molar refractivity (Wildman–Crippen MR) is 109 cm³/mol. The number of nitrogens with zero attached hydrogens (tertiary/aromatic N) is 2. The molecule has 2 aromatic rings. The summed E-state index contributed by atoms with van der Waals surface area (Å²) in [6.45, 7) is 1.66. The molecule has 0 saturated carbocycles. The Morgan fingerprint density at radius 1 is 1.30 bits per heavy atom. The molecular weight excluding hydrogens is 461 g/mol. The van der Waals surface area contributed by atoms with E-state index in [0.29, 0.717) is 21.5 Å². The van der Waals surface area contributed by atoms with E-state index in [1.54, 1.807) is 25.1 Å². The molecule has 8 nitrogen and oxygen atoms in total. The van der Waals surface area contributed by atoms with Crippen molar-refractivity contribution in [3.05, 3.63) is 57.3 Å². The van der Waals surface area contributed by atoms with Gasteiger partial charge in [0, 0.05) is 10.0 Å². The Morgan fingerprint density at radius 3 is 2.70 bits per heavy atom. The van der Waals surface area contributed by atoms with E-state index in [4.69, 9.17) is 19.5 Å². The van der Waals surface area contributed by atoms with Crippen LogP contribution in [0.25, 0.3) is 0 Å². The first-order valence-corrected chi connectivity index (χ1v) is 9.37. The number of rotatable bonds is 8. The SMILES string of the molecule is CCOC(=O)COc1cc(Br)c(/C=N\NC(=O)c2ccc(C#N)cc2F)cc1OC. The summed E-state index contributed by atoms with van der Waals surface area (Å²) in [5.74, 6) is -1.48. The minimum absolute atomic E-state index is 0.105. The minimum atomic E-state index is -0.826. The highest BCUT2D eigenvalue weighted by Gasteiger charge is 2.13. The van der Waals surface area contributed by atoms with E-state index in [2.05, 4.69) is 26.5 Å². The van der Waals surface area contributed by atoms with Crippen LogP contribution in [-0.4, -0.2) is 38.4 Å². The average molecular weight is 478 g/mol. The van der Waals surface area contributed by atoms with Gasteiger partial charge in [-0.1, -0.05) is 0 Å². The number of hydrogen-bond acceptors (Lipinski definition) is 7. The molecule has 0 radical (unpaired) electrons. The summed E-state index contributed by atoms with van der Waals surface area (Å²) < 4.78 is 29.9. The van der Waals surface area contributed by atoms with E-state index >= 15 is 0 Å². The van der Waals surface area contributed by atoms with E-state index in [-0.39, 0.29) is 24.3 Å². The molecule has 0 aliphatic carbocycles. The molecule has 0 unspecified atom stereocenters. The lowest BCUT2D eigenvalue weighted by atomic mass is 10.1. The van der Waals surface area contributed by atoms with Gasteiger partial charge in [-0.3, -0.25) is 4.79 Å². The highest BCUT2D eigenvalue weighted by Crippen LogP contribution is 2.33. The Labute approximate surface area is 180 Å². The normalized spacial score (nSPS) is 10.4. The van der Waals surface area contributed by atoms with Crippen LogP contribution in [0, 0.1) is 17.1 Å². The number of hydrazone groups is 1. The molecule has 156 valence electrons. The largest absolute Gasteiger partial charge is 0.493 e. The number of amides is 1. The second kappa shape index (κ2) is 10.9. The molecule has 0 spiro atoms. The zero-order chi connectivity index (χ0) is 22.1. The number of hydrogen-bond donors (Lipinski definition) is 1. The van der Waals surface area contributed by atoms with Crippen molar-refractivity contribution in [2.75, 3.05) is 20.3 Å². The van der Waals surface area contributed by atoms with E-state index in [1.165, 1.54) is 25.5 Å². The van der Waals surface area contributed by atoms with Gasteiger partial charge in [-0.2, -0.15) is 10.4 Å². The van der Waals surface area contributed by atoms with Crippen LogP contribution in [0.5, 0.6) is 11.5 Å². The van der Waals surface area contributed by atoms with Gasteiger partial charge in [0.25, 0.3) is 5.91 Å². The summed E-state index contributed by atoms with van der Waals surface area (Å²) in [6, 6.07) is 8.43. The summed E-state index contributed by atoms with van der Waals surface area (Å²) in [5, 5.41) is 12.6. The van der Waals surface area contributed by atoms with E-state index < -0.39 is 17.7 Å². The molecule has 0 aliphatic rings. The number of halogens is 2. The van der Waals surface area contributed by atoms with Gasteiger partial charge in [0.05, 0.1) is 37.1 Å². The van der Waals surface area contributed by atoms with Crippen molar-refractivity contribution in [1.82, 2.24) is 5.43 Å². The van der Waals surface area contributed by atoms with Gasteiger partial charge in [-0.05, 0) is 53.2 Å². The lowest BCUT2D eigenvalue weighted by Crippen LogP contribution is -2.19. The molecule has 30 heavy (non-hydrogen) atoms. The molecule has 10 heteroatoms. The van der Waals surface area contributed by atoms with Gasteiger partial charge in [0.15, 0.2) is 18.1 Å². The Bertz CT molecular complexity index is 1020. The van der Waals surface area contributed by atoms with Gasteiger partial charge >= 0.3 is 5.97 Å². The number of carbonyl (C=O) groups is 2. The van der Waals surface area contributed by atoms with Crippen molar-refractivity contribution in [2.45, 2.75) is 6.92 Å². The molecule has 1 amide bonds. The number of ether oxygens (including phenoxy) is 3. The first kappa shape index (κ1) is 22.8. The summed E-state index contributed by atoms with van der Waals surface area (Å²) in [4.78, 5) is 23.5. The van der Waals surface area contributed by atoms with Crippen molar-refractivity contribution in [3.8, 4) is 17.6 Å². The second-order valence-corrected chi connectivity index (χ2v) is 6.48. The van der Waals surface area contributed by atoms with Gasteiger partial charge in [-0.25, -0.2) is 14.6 Å². The number of nitrogens with one attached hydrogen (secondary N) is 1. The highest BCUT2D eigenvalue weighted by atomic mass is 79.9. The van der Waals surface area contributed by atoms with Crippen LogP contribution in [0.3, 0.4) is 0 Å². The first-order valence-electron chi connectivity index (χ1n) is 8.58. The number of nitriles is 1. The van der Waals surface area contributed by atoms with E-state index in [0.717, 1.165) is 6.07 Å². The van der Waals surface area contributed by atoms with Crippen LogP contribution in [0.1, 0.15) is 28.4 Å². The third-order valence-electron chi connectivity index (χ3n) is 3.65. The first-order chi connectivity index (χ1) is 14.4. The van der Waals surface area contributed by atoms with Crippen LogP contribution in [0.4, 0.5) is 4.39 Å². The van der Waals surface area contributed by atoms with Crippen LogP contribution < -0.4 is 14.9 Å². The van der Waals surface area contributed by atoms with Crippen LogP contribution in [-0.2, 0) is 9.53 Å². The van der Waals surface area contributed by atoms with E-state index in [1.807, 2.05) is 0 Å². The molecule has 0 bridgehead atoms. The molecule has 2 aromatic carbocycles. The predicted octanol–water partition coefficient (Wildman–Crippen LogP) is 3.17. The third kappa shape index (κ3) is 6.02. The van der Waals surface area contributed by atoms with Crippen molar-refractivity contribution in [2.24, 2.45) is 5.10 Å².